The van der Waals surface area contributed by atoms with E-state index in [-0.39, 0.29) is 0 Å². The number of nitrogen functional groups attached to an aromatic ring is 1. The van der Waals surface area contributed by atoms with Gasteiger partial charge in [0.1, 0.15) is 0 Å². The maximum Gasteiger partial charge on any atom is 0.159 e. The van der Waals surface area contributed by atoms with Gasteiger partial charge in [-0.1, -0.05) is 23.2 Å². The molecule has 0 aliphatic carbocycles. The predicted octanol–water partition coefficient (Wildman–Crippen LogP) is 3.03. The summed E-state index contributed by atoms with van der Waals surface area (Å²) < 4.78 is 0. The van der Waals surface area contributed by atoms with Crippen LogP contribution in [0.3, 0.4) is 0 Å². The Morgan fingerprint density at radius 3 is 2.00 bits per heavy atom. The van der Waals surface area contributed by atoms with Crippen LogP contribution >= 0.6 is 23.2 Å². The van der Waals surface area contributed by atoms with Crippen molar-refractivity contribution in [1.82, 2.24) is 9.97 Å². The molecule has 0 saturated heterocycles. The third-order valence-corrected chi connectivity index (χ3v) is 2.23. The van der Waals surface area contributed by atoms with Gasteiger partial charge in [-0.05, 0) is 18.2 Å². The highest BCUT2D eigenvalue weighted by atomic mass is 35.5. The first-order chi connectivity index (χ1) is 7.15. The van der Waals surface area contributed by atoms with Crippen molar-refractivity contribution in [3.8, 4) is 11.4 Å². The first kappa shape index (κ1) is 10.2. The molecule has 0 atom stereocenters. The molecule has 0 aliphatic heterocycles. The molecule has 0 saturated carbocycles. The molecule has 0 unspecified atom stereocenters. The van der Waals surface area contributed by atoms with Gasteiger partial charge in [0.2, 0.25) is 0 Å². The third-order valence-electron chi connectivity index (χ3n) is 1.79. The predicted molar refractivity (Wildman–Crippen MR) is 61.9 cm³/mol. The van der Waals surface area contributed by atoms with E-state index >= 15 is 0 Å². The van der Waals surface area contributed by atoms with E-state index in [1.165, 1.54) is 12.4 Å². The van der Waals surface area contributed by atoms with Crippen molar-refractivity contribution in [3.05, 3.63) is 40.6 Å². The first-order valence-electron chi connectivity index (χ1n) is 4.19. The number of nitrogens with zero attached hydrogens (tertiary/aromatic N) is 2. The van der Waals surface area contributed by atoms with Crippen LogP contribution in [0.4, 0.5) is 5.69 Å². The molecule has 1 aromatic heterocycles. The summed E-state index contributed by atoms with van der Waals surface area (Å²) in [6.45, 7) is 0. The first-order valence-corrected chi connectivity index (χ1v) is 4.95. The number of hydrogen-bond acceptors (Lipinski definition) is 3. The Labute approximate surface area is 96.9 Å². The summed E-state index contributed by atoms with van der Waals surface area (Å²) in [5.74, 6) is 0.550. The number of aromatic nitrogens is 2. The molecule has 15 heavy (non-hydrogen) atoms. The fourth-order valence-corrected chi connectivity index (χ4v) is 1.70. The lowest BCUT2D eigenvalue weighted by atomic mass is 10.2. The lowest BCUT2D eigenvalue weighted by molar-refractivity contribution is 1.18. The molecule has 0 radical (unpaired) electrons. The van der Waals surface area contributed by atoms with Crippen molar-refractivity contribution in [2.24, 2.45) is 0 Å². The highest BCUT2D eigenvalue weighted by molar-refractivity contribution is 6.35. The Balaban J connectivity index is 2.49. The van der Waals surface area contributed by atoms with Gasteiger partial charge in [-0.15, -0.1) is 0 Å². The second kappa shape index (κ2) is 4.04. The minimum Gasteiger partial charge on any atom is -0.396 e. The van der Waals surface area contributed by atoms with Crippen LogP contribution in [0, 0.1) is 0 Å². The smallest absolute Gasteiger partial charge is 0.159 e. The zero-order valence-electron chi connectivity index (χ0n) is 7.61. The molecule has 0 bridgehead atoms. The minimum atomic E-state index is 0.520. The SMILES string of the molecule is Nc1cnc(-c2cc(Cl)cc(Cl)c2)nc1. The molecule has 2 rings (SSSR count). The molecule has 5 heteroatoms. The van der Waals surface area contributed by atoms with Gasteiger partial charge in [-0.25, -0.2) is 9.97 Å². The van der Waals surface area contributed by atoms with Crippen LogP contribution in [0.1, 0.15) is 0 Å². The number of anilines is 1. The summed E-state index contributed by atoms with van der Waals surface area (Å²) in [4.78, 5) is 8.15. The molecule has 0 fully saturated rings. The summed E-state index contributed by atoms with van der Waals surface area (Å²) in [6, 6.07) is 5.15. The lowest BCUT2D eigenvalue weighted by Gasteiger charge is -2.01. The minimum absolute atomic E-state index is 0.520. The van der Waals surface area contributed by atoms with Gasteiger partial charge < -0.3 is 5.73 Å². The number of rotatable bonds is 1. The van der Waals surface area contributed by atoms with Crippen LogP contribution in [-0.4, -0.2) is 9.97 Å². The van der Waals surface area contributed by atoms with E-state index in [0.29, 0.717) is 21.6 Å². The van der Waals surface area contributed by atoms with Crippen LogP contribution in [0.15, 0.2) is 30.6 Å². The van der Waals surface area contributed by atoms with Gasteiger partial charge in [0.25, 0.3) is 0 Å². The zero-order valence-corrected chi connectivity index (χ0v) is 9.13. The quantitative estimate of drug-likeness (QED) is 0.833. The van der Waals surface area contributed by atoms with E-state index in [9.17, 15) is 0 Å². The summed E-state index contributed by atoms with van der Waals surface area (Å²) in [6.07, 6.45) is 3.08. The maximum absolute atomic E-state index is 5.87. The molecular weight excluding hydrogens is 233 g/mol. The molecule has 0 spiro atoms. The number of benzene rings is 1. The highest BCUT2D eigenvalue weighted by Gasteiger charge is 2.03. The Kier molecular flexibility index (Phi) is 2.75. The van der Waals surface area contributed by atoms with Crippen molar-refractivity contribution in [2.45, 2.75) is 0 Å². The van der Waals surface area contributed by atoms with Crippen LogP contribution in [0.25, 0.3) is 11.4 Å². The van der Waals surface area contributed by atoms with E-state index in [4.69, 9.17) is 28.9 Å². The van der Waals surface area contributed by atoms with Gasteiger partial charge in [0.15, 0.2) is 5.82 Å². The summed E-state index contributed by atoms with van der Waals surface area (Å²) in [7, 11) is 0. The molecule has 0 aliphatic rings. The number of nitrogens with two attached hydrogens (primary N) is 1. The Morgan fingerprint density at radius 1 is 0.933 bits per heavy atom. The van der Waals surface area contributed by atoms with E-state index in [1.54, 1.807) is 18.2 Å². The van der Waals surface area contributed by atoms with Gasteiger partial charge >= 0.3 is 0 Å². The Morgan fingerprint density at radius 2 is 1.47 bits per heavy atom. The second-order valence-electron chi connectivity index (χ2n) is 3.00. The van der Waals surface area contributed by atoms with Crippen molar-refractivity contribution in [3.63, 3.8) is 0 Å². The fourth-order valence-electron chi connectivity index (χ4n) is 1.17. The van der Waals surface area contributed by atoms with Gasteiger partial charge in [0, 0.05) is 15.6 Å². The summed E-state index contributed by atoms with van der Waals surface area (Å²) >= 11 is 11.7. The topological polar surface area (TPSA) is 51.8 Å². The van der Waals surface area contributed by atoms with E-state index in [1.807, 2.05) is 0 Å². The summed E-state index contributed by atoms with van der Waals surface area (Å²) in [5.41, 5.74) is 6.78. The van der Waals surface area contributed by atoms with Crippen molar-refractivity contribution < 1.29 is 0 Å². The zero-order chi connectivity index (χ0) is 10.8. The standard InChI is InChI=1S/C10H7Cl2N3/c11-7-1-6(2-8(12)3-7)10-14-4-9(13)5-15-10/h1-5H,13H2. The van der Waals surface area contributed by atoms with Crippen LogP contribution in [0.2, 0.25) is 10.0 Å². The monoisotopic (exact) mass is 239 g/mol. The molecule has 2 N–H and O–H groups in total. The van der Waals surface area contributed by atoms with E-state index in [0.717, 1.165) is 5.56 Å². The molecule has 1 heterocycles. The van der Waals surface area contributed by atoms with Crippen LogP contribution in [-0.2, 0) is 0 Å². The van der Waals surface area contributed by atoms with E-state index in [2.05, 4.69) is 9.97 Å². The molecule has 0 amide bonds. The van der Waals surface area contributed by atoms with Crippen molar-refractivity contribution in [1.29, 1.82) is 0 Å². The Bertz CT molecular complexity index is 462. The third kappa shape index (κ3) is 2.37. The molecule has 2 aromatic rings. The molecule has 3 nitrogen and oxygen atoms in total. The van der Waals surface area contributed by atoms with Gasteiger partial charge in [0.05, 0.1) is 18.1 Å². The highest BCUT2D eigenvalue weighted by Crippen LogP contribution is 2.24. The molecule has 1 aromatic carbocycles. The summed E-state index contributed by atoms with van der Waals surface area (Å²) in [5, 5.41) is 1.11. The van der Waals surface area contributed by atoms with Crippen molar-refractivity contribution in [2.75, 3.05) is 5.73 Å². The van der Waals surface area contributed by atoms with E-state index < -0.39 is 0 Å². The number of halogens is 2. The van der Waals surface area contributed by atoms with Crippen LogP contribution in [0.5, 0.6) is 0 Å². The maximum atomic E-state index is 5.87. The molecule has 76 valence electrons. The fraction of sp³-hybridized carbons (Fsp3) is 0. The Hall–Kier alpha value is -1.32. The van der Waals surface area contributed by atoms with Crippen LogP contribution < -0.4 is 5.73 Å². The molecular formula is C10H7Cl2N3. The second-order valence-corrected chi connectivity index (χ2v) is 3.87. The number of hydrogen-bond donors (Lipinski definition) is 1. The lowest BCUT2D eigenvalue weighted by Crippen LogP contribution is -1.92. The van der Waals surface area contributed by atoms with Crippen molar-refractivity contribution >= 4 is 28.9 Å². The van der Waals surface area contributed by atoms with Gasteiger partial charge in [-0.2, -0.15) is 0 Å². The van der Waals surface area contributed by atoms with Gasteiger partial charge in [-0.3, -0.25) is 0 Å². The normalized spacial score (nSPS) is 10.3. The largest absolute Gasteiger partial charge is 0.396 e. The average molecular weight is 240 g/mol. The average Bonchev–Trinajstić information content (AvgIpc) is 2.17.